The van der Waals surface area contributed by atoms with E-state index in [2.05, 4.69) is 48.0 Å². The molecule has 2 saturated heterocycles. The molecule has 0 unspecified atom stereocenters. The van der Waals surface area contributed by atoms with Crippen LogP contribution in [0.4, 0.5) is 4.39 Å². The third kappa shape index (κ3) is 5.55. The lowest BCUT2D eigenvalue weighted by Gasteiger charge is -2.42. The number of sulfonamides is 1. The molecule has 0 amide bonds. The Kier molecular flexibility index (Phi) is 7.71. The third-order valence-electron chi connectivity index (χ3n) is 8.22. The van der Waals surface area contributed by atoms with Crippen LogP contribution in [0.15, 0.2) is 59.9 Å². The summed E-state index contributed by atoms with van der Waals surface area (Å²) in [4.78, 5) is 2.65. The molecule has 0 saturated carbocycles. The van der Waals surface area contributed by atoms with Crippen molar-refractivity contribution >= 4 is 20.9 Å². The van der Waals surface area contributed by atoms with Gasteiger partial charge >= 0.3 is 0 Å². The molecule has 2 aliphatic heterocycles. The van der Waals surface area contributed by atoms with Crippen LogP contribution in [0.5, 0.6) is 0 Å². The maximum atomic E-state index is 13.9. The second kappa shape index (κ2) is 11.3. The van der Waals surface area contributed by atoms with E-state index in [-0.39, 0.29) is 22.8 Å². The summed E-state index contributed by atoms with van der Waals surface area (Å²) >= 11 is 0. The SMILES string of the molecule is Cc1cc2c(cnn2-c2ccc(F)cc2)cc1[C@H]1CN(S(=O)(=O)c2cnn(C3CCOCC3)c2)CCN1CC(C)C. The molecule has 0 spiro atoms. The Morgan fingerprint density at radius 1 is 1.05 bits per heavy atom. The first-order valence-electron chi connectivity index (χ1n) is 14.3. The first-order chi connectivity index (χ1) is 19.7. The average Bonchev–Trinajstić information content (AvgIpc) is 3.62. The Bertz CT molecular complexity index is 1630. The smallest absolute Gasteiger partial charge is 0.246 e. The number of aromatic nitrogens is 4. The number of hydrogen-bond acceptors (Lipinski definition) is 6. The van der Waals surface area contributed by atoms with E-state index in [1.807, 2.05) is 10.9 Å². The van der Waals surface area contributed by atoms with Gasteiger partial charge in [0.25, 0.3) is 0 Å². The number of ether oxygens (including phenoxy) is 1. The molecule has 2 aromatic heterocycles. The highest BCUT2D eigenvalue weighted by Gasteiger charge is 2.37. The molecule has 0 N–H and O–H groups in total. The molecule has 218 valence electrons. The van der Waals surface area contributed by atoms with Crippen LogP contribution in [0.25, 0.3) is 16.6 Å². The van der Waals surface area contributed by atoms with Crippen molar-refractivity contribution in [3.63, 3.8) is 0 Å². The number of aryl methyl sites for hydroxylation is 1. The number of hydrogen-bond donors (Lipinski definition) is 0. The zero-order valence-corrected chi connectivity index (χ0v) is 24.6. The molecule has 4 heterocycles. The van der Waals surface area contributed by atoms with Crippen LogP contribution in [0, 0.1) is 18.7 Å². The van der Waals surface area contributed by atoms with E-state index < -0.39 is 10.0 Å². The highest BCUT2D eigenvalue weighted by molar-refractivity contribution is 7.89. The number of piperazine rings is 1. The molecular formula is C30H37FN6O3S. The molecular weight excluding hydrogens is 543 g/mol. The highest BCUT2D eigenvalue weighted by atomic mass is 32.2. The van der Waals surface area contributed by atoms with Crippen molar-refractivity contribution in [2.45, 2.75) is 50.6 Å². The number of rotatable bonds is 7. The summed E-state index contributed by atoms with van der Waals surface area (Å²) in [5, 5.41) is 9.97. The van der Waals surface area contributed by atoms with E-state index in [0.717, 1.165) is 47.1 Å². The minimum absolute atomic E-state index is 0.106. The second-order valence-electron chi connectivity index (χ2n) is 11.6. The lowest BCUT2D eigenvalue weighted by Crippen LogP contribution is -2.51. The van der Waals surface area contributed by atoms with Crippen LogP contribution in [-0.4, -0.2) is 76.6 Å². The maximum Gasteiger partial charge on any atom is 0.246 e. The molecule has 1 atom stereocenters. The molecule has 41 heavy (non-hydrogen) atoms. The highest BCUT2D eigenvalue weighted by Crippen LogP contribution is 2.34. The van der Waals surface area contributed by atoms with Gasteiger partial charge in [-0.25, -0.2) is 17.5 Å². The van der Waals surface area contributed by atoms with Crippen molar-refractivity contribution in [1.29, 1.82) is 0 Å². The lowest BCUT2D eigenvalue weighted by atomic mass is 9.96. The minimum Gasteiger partial charge on any atom is -0.381 e. The van der Waals surface area contributed by atoms with Gasteiger partial charge in [0.2, 0.25) is 10.0 Å². The fourth-order valence-corrected chi connectivity index (χ4v) is 7.47. The molecule has 0 aliphatic carbocycles. The van der Waals surface area contributed by atoms with Gasteiger partial charge in [-0.1, -0.05) is 13.8 Å². The number of fused-ring (bicyclic) bond motifs is 1. The summed E-state index contributed by atoms with van der Waals surface area (Å²) in [7, 11) is -3.72. The van der Waals surface area contributed by atoms with E-state index in [1.54, 1.807) is 27.3 Å². The number of nitrogens with zero attached hydrogens (tertiary/aromatic N) is 6. The monoisotopic (exact) mass is 580 g/mol. The molecule has 4 aromatic rings. The standard InChI is InChI=1S/C30H37FN6O3S/c1-21(2)18-34-10-11-35(41(38,39)27-17-32-36(19-27)25-8-12-40-13-9-25)20-30(34)28-15-23-16-33-37(29(23)14-22(28)3)26-6-4-24(31)5-7-26/h4-7,14-17,19,21,25,30H,8-13,18,20H2,1-3H3/t30-/m1/s1. The predicted octanol–water partition coefficient (Wildman–Crippen LogP) is 4.72. The van der Waals surface area contributed by atoms with Gasteiger partial charge in [0.05, 0.1) is 29.6 Å². The van der Waals surface area contributed by atoms with Gasteiger partial charge < -0.3 is 4.74 Å². The van der Waals surface area contributed by atoms with Crippen LogP contribution in [-0.2, 0) is 14.8 Å². The van der Waals surface area contributed by atoms with Crippen LogP contribution >= 0.6 is 0 Å². The van der Waals surface area contributed by atoms with E-state index in [4.69, 9.17) is 4.74 Å². The lowest BCUT2D eigenvalue weighted by molar-refractivity contribution is 0.0662. The fraction of sp³-hybridized carbons (Fsp3) is 0.467. The Hall–Kier alpha value is -3.12. The zero-order valence-electron chi connectivity index (χ0n) is 23.8. The predicted molar refractivity (Wildman–Crippen MR) is 155 cm³/mol. The summed E-state index contributed by atoms with van der Waals surface area (Å²) in [6.45, 7) is 10.1. The molecule has 0 bridgehead atoms. The normalized spacial score (nSPS) is 19.9. The van der Waals surface area contributed by atoms with Crippen molar-refractivity contribution in [3.05, 3.63) is 71.9 Å². The average molecular weight is 581 g/mol. The summed E-state index contributed by atoms with van der Waals surface area (Å²) < 4.78 is 51.9. The molecule has 9 nitrogen and oxygen atoms in total. The van der Waals surface area contributed by atoms with Crippen molar-refractivity contribution in [2.75, 3.05) is 39.4 Å². The van der Waals surface area contributed by atoms with Gasteiger partial charge in [-0.3, -0.25) is 9.58 Å². The van der Waals surface area contributed by atoms with Crippen LogP contribution in [0.2, 0.25) is 0 Å². The Labute approximate surface area is 240 Å². The first kappa shape index (κ1) is 28.0. The molecule has 0 radical (unpaired) electrons. The van der Waals surface area contributed by atoms with E-state index in [0.29, 0.717) is 38.8 Å². The topological polar surface area (TPSA) is 85.5 Å². The summed E-state index contributed by atoms with van der Waals surface area (Å²) in [6.07, 6.45) is 6.65. The quantitative estimate of drug-likeness (QED) is 0.314. The fourth-order valence-electron chi connectivity index (χ4n) is 6.09. The van der Waals surface area contributed by atoms with Gasteiger partial charge in [0, 0.05) is 57.0 Å². The van der Waals surface area contributed by atoms with Gasteiger partial charge in [-0.2, -0.15) is 14.5 Å². The van der Waals surface area contributed by atoms with Crippen molar-refractivity contribution in [2.24, 2.45) is 5.92 Å². The molecule has 2 aliphatic rings. The molecule has 6 rings (SSSR count). The summed E-state index contributed by atoms with van der Waals surface area (Å²) in [6, 6.07) is 10.6. The van der Waals surface area contributed by atoms with Gasteiger partial charge in [-0.15, -0.1) is 0 Å². The largest absolute Gasteiger partial charge is 0.381 e. The van der Waals surface area contributed by atoms with Gasteiger partial charge in [0.1, 0.15) is 10.7 Å². The molecule has 2 aromatic carbocycles. The molecule has 2 fully saturated rings. The Morgan fingerprint density at radius 3 is 2.54 bits per heavy atom. The maximum absolute atomic E-state index is 13.9. The van der Waals surface area contributed by atoms with E-state index in [9.17, 15) is 12.8 Å². The number of benzene rings is 2. The van der Waals surface area contributed by atoms with Gasteiger partial charge in [-0.05, 0) is 73.2 Å². The summed E-state index contributed by atoms with van der Waals surface area (Å²) in [5.74, 6) is 0.144. The van der Waals surface area contributed by atoms with Crippen LogP contribution in [0.3, 0.4) is 0 Å². The van der Waals surface area contributed by atoms with Gasteiger partial charge in [0.15, 0.2) is 0 Å². The molecule has 11 heteroatoms. The van der Waals surface area contributed by atoms with E-state index in [1.165, 1.54) is 18.3 Å². The van der Waals surface area contributed by atoms with Crippen LogP contribution in [0.1, 0.15) is 49.9 Å². The zero-order chi connectivity index (χ0) is 28.7. The first-order valence-corrected chi connectivity index (χ1v) is 15.7. The van der Waals surface area contributed by atoms with Crippen molar-refractivity contribution in [3.8, 4) is 5.69 Å². The second-order valence-corrected chi connectivity index (χ2v) is 13.5. The van der Waals surface area contributed by atoms with Crippen LogP contribution < -0.4 is 0 Å². The number of halogens is 1. The van der Waals surface area contributed by atoms with Crippen molar-refractivity contribution < 1.29 is 17.5 Å². The summed E-state index contributed by atoms with van der Waals surface area (Å²) in [5.41, 5.74) is 3.86. The Balaban J connectivity index is 1.31. The minimum atomic E-state index is -3.72. The van der Waals surface area contributed by atoms with E-state index >= 15 is 0 Å². The Morgan fingerprint density at radius 2 is 1.80 bits per heavy atom. The third-order valence-corrected chi connectivity index (χ3v) is 10.0. The van der Waals surface area contributed by atoms with Crippen molar-refractivity contribution in [1.82, 2.24) is 28.8 Å².